The lowest BCUT2D eigenvalue weighted by molar-refractivity contribution is -0.148. The van der Waals surface area contributed by atoms with E-state index in [9.17, 15) is 9.59 Å². The second kappa shape index (κ2) is 8.19. The van der Waals surface area contributed by atoms with Crippen molar-refractivity contribution in [3.8, 4) is 0 Å². The molecule has 138 valence electrons. The number of halogens is 1. The number of esters is 1. The first-order chi connectivity index (χ1) is 12.2. The lowest BCUT2D eigenvalue weighted by Crippen LogP contribution is -2.29. The molecule has 0 fully saturated rings. The predicted molar refractivity (Wildman–Crippen MR) is 102 cm³/mol. The highest BCUT2D eigenvalue weighted by molar-refractivity contribution is 6.31. The molecule has 1 N–H and O–H groups in total. The van der Waals surface area contributed by atoms with Crippen molar-refractivity contribution < 1.29 is 14.3 Å². The number of hydrogen-bond acceptors (Lipinski definition) is 4. The minimum absolute atomic E-state index is 0.413. The lowest BCUT2D eigenvalue weighted by Gasteiger charge is -2.12. The first-order valence-electron chi connectivity index (χ1n) is 8.15. The predicted octanol–water partition coefficient (Wildman–Crippen LogP) is 3.58. The molecule has 0 aliphatic rings. The van der Waals surface area contributed by atoms with E-state index in [4.69, 9.17) is 16.3 Å². The fraction of sp³-hybridized carbons (Fsp3) is 0.316. The molecule has 2 aromatic rings. The zero-order valence-corrected chi connectivity index (χ0v) is 16.2. The Hall–Kier alpha value is -2.60. The molecule has 0 unspecified atom stereocenters. The molecule has 7 heteroatoms. The van der Waals surface area contributed by atoms with E-state index in [1.165, 1.54) is 13.0 Å². The van der Waals surface area contributed by atoms with Crippen LogP contribution in [0.15, 0.2) is 24.3 Å². The highest BCUT2D eigenvalue weighted by atomic mass is 35.5. The number of amides is 1. The van der Waals surface area contributed by atoms with Crippen molar-refractivity contribution in [1.29, 1.82) is 0 Å². The molecule has 1 amide bonds. The van der Waals surface area contributed by atoms with Gasteiger partial charge in [0.2, 0.25) is 0 Å². The van der Waals surface area contributed by atoms with Gasteiger partial charge in [-0.2, -0.15) is 5.10 Å². The quantitative estimate of drug-likeness (QED) is 0.640. The van der Waals surface area contributed by atoms with E-state index in [-0.39, 0.29) is 0 Å². The number of benzene rings is 1. The van der Waals surface area contributed by atoms with E-state index >= 15 is 0 Å². The van der Waals surface area contributed by atoms with Crippen LogP contribution in [-0.2, 0) is 21.4 Å². The molecule has 6 nitrogen and oxygen atoms in total. The van der Waals surface area contributed by atoms with Crippen LogP contribution in [0.1, 0.15) is 29.4 Å². The van der Waals surface area contributed by atoms with Crippen molar-refractivity contribution >= 4 is 35.2 Å². The average molecular weight is 376 g/mol. The SMILES string of the molecule is Cc1ccc(/C=C/C(=O)O[C@H](C)C(=O)Nc2c(C)nn(C)c2C)cc1Cl. The van der Waals surface area contributed by atoms with E-state index in [1.54, 1.807) is 30.8 Å². The Morgan fingerprint density at radius 1 is 1.31 bits per heavy atom. The number of carbonyl (C=O) groups is 2. The van der Waals surface area contributed by atoms with Gasteiger partial charge in [-0.3, -0.25) is 9.48 Å². The van der Waals surface area contributed by atoms with Gasteiger partial charge in [0.15, 0.2) is 6.10 Å². The van der Waals surface area contributed by atoms with Gasteiger partial charge in [-0.05, 0) is 51.0 Å². The zero-order chi connectivity index (χ0) is 19.4. The van der Waals surface area contributed by atoms with Crippen molar-refractivity contribution in [2.45, 2.75) is 33.8 Å². The van der Waals surface area contributed by atoms with Crippen LogP contribution in [-0.4, -0.2) is 27.8 Å². The summed E-state index contributed by atoms with van der Waals surface area (Å²) in [5.74, 6) is -1.02. The lowest BCUT2D eigenvalue weighted by atomic mass is 10.1. The summed E-state index contributed by atoms with van der Waals surface area (Å²) in [5.41, 5.74) is 3.89. The van der Waals surface area contributed by atoms with Crippen LogP contribution >= 0.6 is 11.6 Å². The van der Waals surface area contributed by atoms with Gasteiger partial charge in [-0.1, -0.05) is 23.7 Å². The van der Waals surface area contributed by atoms with E-state index in [2.05, 4.69) is 10.4 Å². The van der Waals surface area contributed by atoms with Crippen molar-refractivity contribution in [1.82, 2.24) is 9.78 Å². The third kappa shape index (κ3) is 4.73. The number of aromatic nitrogens is 2. The highest BCUT2D eigenvalue weighted by Crippen LogP contribution is 2.19. The summed E-state index contributed by atoms with van der Waals surface area (Å²) in [6.07, 6.45) is 1.92. The van der Waals surface area contributed by atoms with E-state index < -0.39 is 18.0 Å². The van der Waals surface area contributed by atoms with Gasteiger partial charge in [0.1, 0.15) is 0 Å². The summed E-state index contributed by atoms with van der Waals surface area (Å²) >= 11 is 6.05. The van der Waals surface area contributed by atoms with E-state index in [1.807, 2.05) is 26.0 Å². The number of carbonyl (C=O) groups excluding carboxylic acids is 2. The molecular weight excluding hydrogens is 354 g/mol. The minimum Gasteiger partial charge on any atom is -0.449 e. The van der Waals surface area contributed by atoms with Crippen molar-refractivity contribution in [3.63, 3.8) is 0 Å². The molecule has 0 saturated carbocycles. The molecule has 1 aromatic heterocycles. The maximum absolute atomic E-state index is 12.3. The molecule has 0 saturated heterocycles. The first kappa shape index (κ1) is 19.7. The van der Waals surface area contributed by atoms with Crippen LogP contribution in [0.4, 0.5) is 5.69 Å². The zero-order valence-electron chi connectivity index (χ0n) is 15.5. The van der Waals surface area contributed by atoms with Crippen LogP contribution in [0.5, 0.6) is 0 Å². The molecule has 2 rings (SSSR count). The molecular formula is C19H22ClN3O3. The van der Waals surface area contributed by atoms with Gasteiger partial charge in [0, 0.05) is 18.1 Å². The topological polar surface area (TPSA) is 73.2 Å². The number of anilines is 1. The molecule has 1 aromatic carbocycles. The normalized spacial score (nSPS) is 12.2. The third-order valence-corrected chi connectivity index (χ3v) is 4.43. The van der Waals surface area contributed by atoms with Crippen LogP contribution in [0.25, 0.3) is 6.08 Å². The molecule has 0 bridgehead atoms. The molecule has 0 radical (unpaired) electrons. The van der Waals surface area contributed by atoms with Crippen LogP contribution < -0.4 is 5.32 Å². The fourth-order valence-corrected chi connectivity index (χ4v) is 2.51. The number of aryl methyl sites for hydroxylation is 3. The number of nitrogens with one attached hydrogen (secondary N) is 1. The Kier molecular flexibility index (Phi) is 6.21. The Bertz CT molecular complexity index is 871. The average Bonchev–Trinajstić information content (AvgIpc) is 2.82. The third-order valence-electron chi connectivity index (χ3n) is 4.03. The maximum Gasteiger partial charge on any atom is 0.331 e. The highest BCUT2D eigenvalue weighted by Gasteiger charge is 2.20. The molecule has 26 heavy (non-hydrogen) atoms. The molecule has 0 aliphatic carbocycles. The van der Waals surface area contributed by atoms with E-state index in [0.717, 1.165) is 16.8 Å². The maximum atomic E-state index is 12.3. The monoisotopic (exact) mass is 375 g/mol. The Balaban J connectivity index is 1.96. The standard InChI is InChI=1S/C19H22ClN3O3/c1-11-6-7-15(10-16(11)20)8-9-17(24)26-14(4)19(25)21-18-12(2)22-23(5)13(18)3/h6-10,14H,1-5H3,(H,21,25)/b9-8+/t14-/m1/s1. The Morgan fingerprint density at radius 3 is 2.58 bits per heavy atom. The summed E-state index contributed by atoms with van der Waals surface area (Å²) < 4.78 is 6.83. The largest absolute Gasteiger partial charge is 0.449 e. The summed E-state index contributed by atoms with van der Waals surface area (Å²) in [4.78, 5) is 24.2. The fourth-order valence-electron chi connectivity index (χ4n) is 2.32. The molecule has 1 atom stereocenters. The number of rotatable bonds is 5. The van der Waals surface area contributed by atoms with E-state index in [0.29, 0.717) is 16.4 Å². The van der Waals surface area contributed by atoms with Gasteiger partial charge in [-0.25, -0.2) is 4.79 Å². The number of hydrogen-bond donors (Lipinski definition) is 1. The number of nitrogens with zero attached hydrogens (tertiary/aromatic N) is 2. The molecule has 1 heterocycles. The second-order valence-electron chi connectivity index (χ2n) is 6.08. The van der Waals surface area contributed by atoms with Crippen LogP contribution in [0.3, 0.4) is 0 Å². The summed E-state index contributed by atoms with van der Waals surface area (Å²) in [5, 5.41) is 7.60. The van der Waals surface area contributed by atoms with Gasteiger partial charge < -0.3 is 10.1 Å². The van der Waals surface area contributed by atoms with Crippen molar-refractivity contribution in [2.24, 2.45) is 7.05 Å². The van der Waals surface area contributed by atoms with Gasteiger partial charge >= 0.3 is 5.97 Å². The smallest absolute Gasteiger partial charge is 0.331 e. The van der Waals surface area contributed by atoms with Crippen LogP contribution in [0, 0.1) is 20.8 Å². The number of ether oxygens (including phenoxy) is 1. The summed E-state index contributed by atoms with van der Waals surface area (Å²) in [6.45, 7) is 7.07. The molecule has 0 aliphatic heterocycles. The Labute approximate surface area is 157 Å². The van der Waals surface area contributed by atoms with Crippen molar-refractivity contribution in [2.75, 3.05) is 5.32 Å². The van der Waals surface area contributed by atoms with Gasteiger partial charge in [0.05, 0.1) is 17.1 Å². The van der Waals surface area contributed by atoms with Crippen LogP contribution in [0.2, 0.25) is 5.02 Å². The van der Waals surface area contributed by atoms with Crippen molar-refractivity contribution in [3.05, 3.63) is 51.8 Å². The Morgan fingerprint density at radius 2 is 2.00 bits per heavy atom. The second-order valence-corrected chi connectivity index (χ2v) is 6.49. The summed E-state index contributed by atoms with van der Waals surface area (Å²) in [7, 11) is 1.80. The van der Waals surface area contributed by atoms with Gasteiger partial charge in [-0.15, -0.1) is 0 Å². The minimum atomic E-state index is -0.937. The first-order valence-corrected chi connectivity index (χ1v) is 8.52. The molecule has 0 spiro atoms. The summed E-state index contributed by atoms with van der Waals surface area (Å²) in [6, 6.07) is 5.46. The van der Waals surface area contributed by atoms with Gasteiger partial charge in [0.25, 0.3) is 5.91 Å².